The van der Waals surface area contributed by atoms with Crippen molar-refractivity contribution in [1.82, 2.24) is 10.5 Å². The van der Waals surface area contributed by atoms with E-state index in [1.165, 1.54) is 18.2 Å². The van der Waals surface area contributed by atoms with Crippen molar-refractivity contribution in [1.29, 1.82) is 0 Å². The Kier molecular flexibility index (Phi) is 6.49. The molecular weight excluding hydrogens is 423 g/mol. The second-order valence-electron chi connectivity index (χ2n) is 8.34. The van der Waals surface area contributed by atoms with Gasteiger partial charge in [0, 0.05) is 18.0 Å². The molecule has 0 radical (unpaired) electrons. The fourth-order valence-corrected chi connectivity index (χ4v) is 3.77. The summed E-state index contributed by atoms with van der Waals surface area (Å²) in [6.07, 6.45) is 5.19. The molecule has 1 fully saturated rings. The van der Waals surface area contributed by atoms with Gasteiger partial charge in [-0.05, 0) is 68.2 Å². The minimum Gasteiger partial charge on any atom is -0.493 e. The molecule has 3 aromatic rings. The van der Waals surface area contributed by atoms with E-state index in [9.17, 15) is 9.18 Å². The molecule has 1 amide bonds. The Balaban J connectivity index is 1.34. The first-order chi connectivity index (χ1) is 15.9. The smallest absolute Gasteiger partial charge is 0.244 e. The highest BCUT2D eigenvalue weighted by atomic mass is 19.1. The van der Waals surface area contributed by atoms with Crippen molar-refractivity contribution in [3.8, 4) is 11.5 Å². The van der Waals surface area contributed by atoms with Gasteiger partial charge in [0.1, 0.15) is 18.2 Å². The van der Waals surface area contributed by atoms with Gasteiger partial charge in [-0.1, -0.05) is 23.4 Å². The van der Waals surface area contributed by atoms with Gasteiger partial charge >= 0.3 is 0 Å². The third-order valence-electron chi connectivity index (χ3n) is 6.08. The number of rotatable bonds is 9. The Labute approximate surface area is 192 Å². The van der Waals surface area contributed by atoms with E-state index in [1.54, 1.807) is 25.3 Å². The molecule has 1 heterocycles. The lowest BCUT2D eigenvalue weighted by Gasteiger charge is -2.16. The van der Waals surface area contributed by atoms with Crippen LogP contribution in [0.15, 0.2) is 53.1 Å². The molecule has 0 saturated heterocycles. The maximum absolute atomic E-state index is 13.2. The predicted molar refractivity (Wildman–Crippen MR) is 123 cm³/mol. The zero-order valence-corrected chi connectivity index (χ0v) is 19.0. The summed E-state index contributed by atoms with van der Waals surface area (Å²) in [6.45, 7) is 4.57. The fourth-order valence-electron chi connectivity index (χ4n) is 3.77. The highest BCUT2D eigenvalue weighted by Gasteiger charge is 2.44. The number of nitrogens with zero attached hydrogens (tertiary/aromatic N) is 1. The number of methoxy groups -OCH3 is 1. The number of ether oxygens (including phenoxy) is 2. The number of carbonyl (C=O) groups excluding carboxylic acids is 1. The zero-order chi connectivity index (χ0) is 23.4. The third-order valence-corrected chi connectivity index (χ3v) is 6.08. The van der Waals surface area contributed by atoms with Gasteiger partial charge in [0.05, 0.1) is 18.4 Å². The van der Waals surface area contributed by atoms with Crippen LogP contribution < -0.4 is 14.8 Å². The van der Waals surface area contributed by atoms with E-state index in [1.807, 2.05) is 32.0 Å². The summed E-state index contributed by atoms with van der Waals surface area (Å²) >= 11 is 0. The minimum atomic E-state index is -0.253. The molecule has 0 atom stereocenters. The second kappa shape index (κ2) is 9.48. The lowest BCUT2D eigenvalue weighted by atomic mass is 9.96. The van der Waals surface area contributed by atoms with Gasteiger partial charge in [0.25, 0.3) is 0 Å². The van der Waals surface area contributed by atoms with E-state index in [2.05, 4.69) is 10.5 Å². The molecule has 2 aromatic carbocycles. The molecule has 4 rings (SSSR count). The van der Waals surface area contributed by atoms with Gasteiger partial charge in [-0.3, -0.25) is 4.79 Å². The van der Waals surface area contributed by atoms with Crippen molar-refractivity contribution in [2.24, 2.45) is 0 Å². The Hall–Kier alpha value is -3.61. The van der Waals surface area contributed by atoms with Crippen molar-refractivity contribution in [2.75, 3.05) is 13.7 Å². The minimum absolute atomic E-state index is 0.0827. The first-order valence-electron chi connectivity index (χ1n) is 10.8. The average molecular weight is 451 g/mol. The van der Waals surface area contributed by atoms with Crippen LogP contribution in [0.5, 0.6) is 11.5 Å². The molecule has 1 aliphatic carbocycles. The molecule has 6 nitrogen and oxygen atoms in total. The van der Waals surface area contributed by atoms with Crippen LogP contribution in [0.4, 0.5) is 4.39 Å². The molecule has 0 bridgehead atoms. The van der Waals surface area contributed by atoms with Crippen LogP contribution >= 0.6 is 0 Å². The van der Waals surface area contributed by atoms with Gasteiger partial charge in [-0.25, -0.2) is 4.39 Å². The SMILES string of the molecule is COc1cc(/C=C/C(=O)NCC2(c3ccc(F)cc3)CC2)ccc1OCc1c(C)noc1C. The van der Waals surface area contributed by atoms with Crippen molar-refractivity contribution in [3.05, 3.63) is 82.5 Å². The van der Waals surface area contributed by atoms with Gasteiger partial charge in [-0.15, -0.1) is 0 Å². The molecule has 0 unspecified atom stereocenters. The number of benzene rings is 2. The van der Waals surface area contributed by atoms with Crippen LogP contribution in [0, 0.1) is 19.7 Å². The fraction of sp³-hybridized carbons (Fsp3) is 0.308. The first kappa shape index (κ1) is 22.6. The van der Waals surface area contributed by atoms with Crippen LogP contribution in [-0.2, 0) is 16.8 Å². The number of hydrogen-bond acceptors (Lipinski definition) is 5. The van der Waals surface area contributed by atoms with Crippen LogP contribution in [0.25, 0.3) is 6.08 Å². The highest BCUT2D eigenvalue weighted by Crippen LogP contribution is 2.47. The molecule has 7 heteroatoms. The summed E-state index contributed by atoms with van der Waals surface area (Å²) < 4.78 is 29.7. The molecule has 172 valence electrons. The summed E-state index contributed by atoms with van der Waals surface area (Å²) in [5.74, 6) is 1.45. The predicted octanol–water partition coefficient (Wildman–Crippen LogP) is 4.88. The van der Waals surface area contributed by atoms with Crippen molar-refractivity contribution in [3.63, 3.8) is 0 Å². The number of aryl methyl sites for hydroxylation is 2. The summed E-state index contributed by atoms with van der Waals surface area (Å²) in [4.78, 5) is 12.4. The van der Waals surface area contributed by atoms with Crippen LogP contribution in [0.2, 0.25) is 0 Å². The van der Waals surface area contributed by atoms with E-state index < -0.39 is 0 Å². The second-order valence-corrected chi connectivity index (χ2v) is 8.34. The number of amides is 1. The molecule has 0 spiro atoms. The van der Waals surface area contributed by atoms with Gasteiger partial charge in [0.2, 0.25) is 5.91 Å². The highest BCUT2D eigenvalue weighted by molar-refractivity contribution is 5.91. The largest absolute Gasteiger partial charge is 0.493 e. The Morgan fingerprint density at radius 2 is 1.94 bits per heavy atom. The number of hydrogen-bond donors (Lipinski definition) is 1. The molecule has 1 N–H and O–H groups in total. The van der Waals surface area contributed by atoms with Crippen LogP contribution in [0.3, 0.4) is 0 Å². The summed E-state index contributed by atoms with van der Waals surface area (Å²) in [6, 6.07) is 12.0. The quantitative estimate of drug-likeness (QED) is 0.471. The summed E-state index contributed by atoms with van der Waals surface area (Å²) in [5, 5.41) is 6.90. The maximum Gasteiger partial charge on any atom is 0.244 e. The molecule has 0 aliphatic heterocycles. The number of aromatic nitrogens is 1. The Morgan fingerprint density at radius 3 is 2.58 bits per heavy atom. The molecular formula is C26H27FN2O4. The topological polar surface area (TPSA) is 73.6 Å². The van der Waals surface area contributed by atoms with E-state index >= 15 is 0 Å². The number of halogens is 1. The van der Waals surface area contributed by atoms with E-state index in [4.69, 9.17) is 14.0 Å². The van der Waals surface area contributed by atoms with E-state index in [-0.39, 0.29) is 17.1 Å². The van der Waals surface area contributed by atoms with Gasteiger partial charge < -0.3 is 19.3 Å². The van der Waals surface area contributed by atoms with Crippen LogP contribution in [-0.4, -0.2) is 24.7 Å². The molecule has 1 saturated carbocycles. The standard InChI is InChI=1S/C26H27FN2O4/c1-17-22(18(2)33-29-17)15-32-23-10-4-19(14-24(23)31-3)5-11-25(30)28-16-26(12-13-26)20-6-8-21(27)9-7-20/h4-11,14H,12-13,15-16H2,1-3H3,(H,28,30)/b11-5+. The number of carbonyl (C=O) groups is 1. The zero-order valence-electron chi connectivity index (χ0n) is 19.0. The third kappa shape index (κ3) is 5.25. The lowest BCUT2D eigenvalue weighted by Crippen LogP contribution is -2.31. The van der Waals surface area contributed by atoms with Gasteiger partial charge in [0.15, 0.2) is 11.5 Å². The number of nitrogens with one attached hydrogen (secondary N) is 1. The normalized spacial score (nSPS) is 14.3. The Bertz CT molecular complexity index is 1140. The van der Waals surface area contributed by atoms with E-state index in [0.717, 1.165) is 41.0 Å². The van der Waals surface area contributed by atoms with Gasteiger partial charge in [-0.2, -0.15) is 0 Å². The lowest BCUT2D eigenvalue weighted by molar-refractivity contribution is -0.116. The van der Waals surface area contributed by atoms with E-state index in [0.29, 0.717) is 24.7 Å². The maximum atomic E-state index is 13.2. The molecule has 1 aliphatic rings. The van der Waals surface area contributed by atoms with Crippen molar-refractivity contribution < 1.29 is 23.2 Å². The first-order valence-corrected chi connectivity index (χ1v) is 10.8. The monoisotopic (exact) mass is 450 g/mol. The van der Waals surface area contributed by atoms with Crippen molar-refractivity contribution >= 4 is 12.0 Å². The molecule has 1 aromatic heterocycles. The average Bonchev–Trinajstić information content (AvgIpc) is 3.55. The Morgan fingerprint density at radius 1 is 1.18 bits per heavy atom. The summed E-state index contributed by atoms with van der Waals surface area (Å²) in [7, 11) is 1.57. The molecule has 33 heavy (non-hydrogen) atoms. The van der Waals surface area contributed by atoms with Crippen LogP contribution in [0.1, 0.15) is 41.0 Å². The van der Waals surface area contributed by atoms with Crippen molar-refractivity contribution in [2.45, 2.75) is 38.7 Å². The summed E-state index contributed by atoms with van der Waals surface area (Å²) in [5.41, 5.74) is 3.49.